The Morgan fingerprint density at radius 1 is 1.30 bits per heavy atom. The van der Waals surface area contributed by atoms with Gasteiger partial charge in [0.25, 0.3) is 0 Å². The van der Waals surface area contributed by atoms with Gasteiger partial charge >= 0.3 is 0 Å². The van der Waals surface area contributed by atoms with Crippen LogP contribution in [0.2, 0.25) is 0 Å². The van der Waals surface area contributed by atoms with E-state index >= 15 is 0 Å². The van der Waals surface area contributed by atoms with Crippen molar-refractivity contribution in [2.24, 2.45) is 0 Å². The number of rotatable bonds is 3. The normalized spacial score (nSPS) is 11.2. The van der Waals surface area contributed by atoms with E-state index in [1.807, 2.05) is 4.40 Å². The average Bonchev–Trinajstić information content (AvgIpc) is 2.99. The van der Waals surface area contributed by atoms with E-state index in [0.717, 1.165) is 28.9 Å². The van der Waals surface area contributed by atoms with E-state index < -0.39 is 0 Å². The number of benzene rings is 1. The van der Waals surface area contributed by atoms with Gasteiger partial charge in [0.2, 0.25) is 0 Å². The van der Waals surface area contributed by atoms with Crippen molar-refractivity contribution >= 4 is 22.6 Å². The molecule has 0 aliphatic heterocycles. The third-order valence-corrected chi connectivity index (χ3v) is 4.88. The van der Waals surface area contributed by atoms with E-state index in [4.69, 9.17) is 0 Å². The Morgan fingerprint density at radius 3 is 2.75 bits per heavy atom. The van der Waals surface area contributed by atoms with Gasteiger partial charge in [0, 0.05) is 4.88 Å². The molecule has 1 aromatic carbocycles. The van der Waals surface area contributed by atoms with Crippen LogP contribution in [0.5, 0.6) is 0 Å². The molecule has 0 fully saturated rings. The number of nitrogens with zero attached hydrogens (tertiary/aromatic N) is 2. The average molecular weight is 284 g/mol. The van der Waals surface area contributed by atoms with E-state index in [9.17, 15) is 4.79 Å². The van der Waals surface area contributed by atoms with Crippen LogP contribution >= 0.6 is 11.3 Å². The van der Waals surface area contributed by atoms with Crippen molar-refractivity contribution in [2.75, 3.05) is 0 Å². The molecule has 0 bridgehead atoms. The van der Waals surface area contributed by atoms with E-state index in [1.54, 1.807) is 17.5 Å². The number of hydrogen-bond acceptors (Lipinski definition) is 3. The minimum atomic E-state index is 0.615. The second-order valence-corrected chi connectivity index (χ2v) is 6.01. The number of aldehydes is 1. The summed E-state index contributed by atoms with van der Waals surface area (Å²) >= 11 is 1.66. The fourth-order valence-electron chi connectivity index (χ4n) is 2.43. The van der Waals surface area contributed by atoms with Gasteiger partial charge < -0.3 is 0 Å². The summed E-state index contributed by atoms with van der Waals surface area (Å²) in [6.07, 6.45) is 3.45. The zero-order chi connectivity index (χ0) is 14.3. The molecule has 0 aliphatic rings. The molecule has 102 valence electrons. The van der Waals surface area contributed by atoms with Crippen LogP contribution in [0.3, 0.4) is 0 Å². The summed E-state index contributed by atoms with van der Waals surface area (Å²) in [5.74, 6) is 0. The number of fused-ring (bicyclic) bond motifs is 1. The molecule has 2 aromatic heterocycles. The molecule has 0 N–H and O–H groups in total. The fourth-order valence-corrected chi connectivity index (χ4v) is 3.49. The Hall–Kier alpha value is -1.94. The van der Waals surface area contributed by atoms with Gasteiger partial charge in [-0.25, -0.2) is 4.98 Å². The smallest absolute Gasteiger partial charge is 0.194 e. The largest absolute Gasteiger partial charge is 0.296 e. The first-order valence-electron chi connectivity index (χ1n) is 6.67. The minimum Gasteiger partial charge on any atom is -0.296 e. The maximum Gasteiger partial charge on any atom is 0.194 e. The van der Waals surface area contributed by atoms with Gasteiger partial charge in [0.15, 0.2) is 11.2 Å². The van der Waals surface area contributed by atoms with Gasteiger partial charge in [0.1, 0.15) is 5.69 Å². The lowest BCUT2D eigenvalue weighted by atomic mass is 10.0. The molecule has 0 radical (unpaired) electrons. The standard InChI is InChI=1S/C16H16N2OS/c1-4-14-15(12-6-5-10(2)11(3)7-12)18-13(9-19)8-17-16(18)20-14/h5-9H,4H2,1-3H3. The number of imidazole rings is 1. The number of carbonyl (C=O) groups is 1. The highest BCUT2D eigenvalue weighted by molar-refractivity contribution is 7.17. The third kappa shape index (κ3) is 1.88. The second-order valence-electron chi connectivity index (χ2n) is 4.95. The lowest BCUT2D eigenvalue weighted by Crippen LogP contribution is -1.95. The van der Waals surface area contributed by atoms with Crippen molar-refractivity contribution in [1.29, 1.82) is 0 Å². The predicted octanol–water partition coefficient (Wildman–Crippen LogP) is 4.05. The minimum absolute atomic E-state index is 0.615. The van der Waals surface area contributed by atoms with E-state index in [-0.39, 0.29) is 0 Å². The Morgan fingerprint density at radius 2 is 2.10 bits per heavy atom. The molecular weight excluding hydrogens is 268 g/mol. The topological polar surface area (TPSA) is 34.4 Å². The molecule has 2 heterocycles. The van der Waals surface area contributed by atoms with Crippen LogP contribution in [0, 0.1) is 13.8 Å². The highest BCUT2D eigenvalue weighted by Gasteiger charge is 2.17. The summed E-state index contributed by atoms with van der Waals surface area (Å²) in [5, 5.41) is 0. The highest BCUT2D eigenvalue weighted by Crippen LogP contribution is 2.33. The van der Waals surface area contributed by atoms with Crippen LogP contribution in [0.15, 0.2) is 24.4 Å². The van der Waals surface area contributed by atoms with Gasteiger partial charge in [-0.1, -0.05) is 19.1 Å². The van der Waals surface area contributed by atoms with Crippen molar-refractivity contribution in [3.8, 4) is 11.3 Å². The zero-order valence-electron chi connectivity index (χ0n) is 11.8. The van der Waals surface area contributed by atoms with Crippen molar-refractivity contribution in [3.63, 3.8) is 0 Å². The maximum absolute atomic E-state index is 11.2. The van der Waals surface area contributed by atoms with E-state index in [2.05, 4.69) is 44.0 Å². The van der Waals surface area contributed by atoms with Crippen LogP contribution in [-0.4, -0.2) is 15.7 Å². The Kier molecular flexibility index (Phi) is 3.18. The van der Waals surface area contributed by atoms with Gasteiger partial charge in [-0.15, -0.1) is 11.3 Å². The van der Waals surface area contributed by atoms with Crippen LogP contribution < -0.4 is 0 Å². The van der Waals surface area contributed by atoms with Gasteiger partial charge in [-0.05, 0) is 43.0 Å². The maximum atomic E-state index is 11.2. The summed E-state index contributed by atoms with van der Waals surface area (Å²) in [6, 6.07) is 6.44. The van der Waals surface area contributed by atoms with Crippen LogP contribution in [-0.2, 0) is 6.42 Å². The molecular formula is C16H16N2OS. The van der Waals surface area contributed by atoms with Gasteiger partial charge in [-0.3, -0.25) is 9.20 Å². The first-order chi connectivity index (χ1) is 9.65. The molecule has 3 aromatic rings. The van der Waals surface area contributed by atoms with Crippen molar-refractivity contribution in [1.82, 2.24) is 9.38 Å². The predicted molar refractivity (Wildman–Crippen MR) is 82.7 cm³/mol. The summed E-state index contributed by atoms with van der Waals surface area (Å²) in [6.45, 7) is 6.36. The third-order valence-electron chi connectivity index (χ3n) is 3.68. The lowest BCUT2D eigenvalue weighted by molar-refractivity contribution is 0.111. The summed E-state index contributed by atoms with van der Waals surface area (Å²) in [7, 11) is 0. The number of aryl methyl sites for hydroxylation is 3. The molecule has 0 spiro atoms. The summed E-state index contributed by atoms with van der Waals surface area (Å²) in [5.41, 5.74) is 5.41. The van der Waals surface area contributed by atoms with Crippen LogP contribution in [0.1, 0.15) is 33.4 Å². The summed E-state index contributed by atoms with van der Waals surface area (Å²) < 4.78 is 1.97. The number of carbonyl (C=O) groups excluding carboxylic acids is 1. The number of aromatic nitrogens is 2. The lowest BCUT2D eigenvalue weighted by Gasteiger charge is -2.07. The number of thiazole rings is 1. The molecule has 3 nitrogen and oxygen atoms in total. The molecule has 0 unspecified atom stereocenters. The highest BCUT2D eigenvalue weighted by atomic mass is 32.1. The van der Waals surface area contributed by atoms with Crippen molar-refractivity contribution in [3.05, 3.63) is 46.1 Å². The molecule has 0 saturated carbocycles. The molecule has 0 aliphatic carbocycles. The SMILES string of the molecule is CCc1sc2ncc(C=O)n2c1-c1ccc(C)c(C)c1. The first kappa shape index (κ1) is 13.1. The molecule has 0 atom stereocenters. The second kappa shape index (κ2) is 4.87. The monoisotopic (exact) mass is 284 g/mol. The zero-order valence-corrected chi connectivity index (χ0v) is 12.6. The molecule has 0 saturated heterocycles. The molecule has 3 rings (SSSR count). The Labute approximate surface area is 121 Å². The van der Waals surface area contributed by atoms with Crippen LogP contribution in [0.4, 0.5) is 0 Å². The Balaban J connectivity index is 2.34. The van der Waals surface area contributed by atoms with Crippen LogP contribution in [0.25, 0.3) is 16.2 Å². The number of hydrogen-bond donors (Lipinski definition) is 0. The van der Waals surface area contributed by atoms with E-state index in [0.29, 0.717) is 5.69 Å². The molecule has 0 amide bonds. The van der Waals surface area contributed by atoms with E-state index in [1.165, 1.54) is 16.0 Å². The quantitative estimate of drug-likeness (QED) is 0.680. The first-order valence-corrected chi connectivity index (χ1v) is 7.49. The van der Waals surface area contributed by atoms with Crippen molar-refractivity contribution < 1.29 is 4.79 Å². The summed E-state index contributed by atoms with van der Waals surface area (Å²) in [4.78, 5) is 17.7. The molecule has 4 heteroatoms. The van der Waals surface area contributed by atoms with Gasteiger partial charge in [-0.2, -0.15) is 0 Å². The Bertz CT molecular complexity index is 798. The van der Waals surface area contributed by atoms with Gasteiger partial charge in [0.05, 0.1) is 11.9 Å². The van der Waals surface area contributed by atoms with Crippen molar-refractivity contribution in [2.45, 2.75) is 27.2 Å². The fraction of sp³-hybridized carbons (Fsp3) is 0.250. The molecule has 20 heavy (non-hydrogen) atoms.